The molecule has 0 aromatic heterocycles. The van der Waals surface area contributed by atoms with Gasteiger partial charge in [-0.25, -0.2) is 0 Å². The summed E-state index contributed by atoms with van der Waals surface area (Å²) in [5.74, 6) is -0.888. The van der Waals surface area contributed by atoms with Crippen molar-refractivity contribution in [3.63, 3.8) is 0 Å². The zero-order valence-electron chi connectivity index (χ0n) is 10.9. The fourth-order valence-corrected chi connectivity index (χ4v) is 2.93. The highest BCUT2D eigenvalue weighted by atomic mass is 79.9. The molecule has 0 spiro atoms. The second-order valence-electron chi connectivity index (χ2n) is 4.00. The molecule has 19 heavy (non-hydrogen) atoms. The van der Waals surface area contributed by atoms with Gasteiger partial charge in [-0.1, -0.05) is 15.9 Å². The number of rotatable bonds is 6. The topological polar surface area (TPSA) is 57.6 Å². The van der Waals surface area contributed by atoms with E-state index in [0.29, 0.717) is 6.54 Å². The third kappa shape index (κ3) is 5.24. The quantitative estimate of drug-likeness (QED) is 0.805. The van der Waals surface area contributed by atoms with Gasteiger partial charge in [-0.05, 0) is 37.6 Å². The molecule has 1 rings (SSSR count). The summed E-state index contributed by atoms with van der Waals surface area (Å²) in [5.41, 5.74) is 1.09. The number of carbonyl (C=O) groups excluding carboxylic acids is 1. The molecule has 0 bridgehead atoms. The van der Waals surface area contributed by atoms with Crippen molar-refractivity contribution in [2.45, 2.75) is 18.7 Å². The van der Waals surface area contributed by atoms with Crippen molar-refractivity contribution < 1.29 is 14.7 Å². The Morgan fingerprint density at radius 3 is 2.63 bits per heavy atom. The molecule has 0 fully saturated rings. The van der Waals surface area contributed by atoms with Gasteiger partial charge in [0.1, 0.15) is 6.54 Å². The van der Waals surface area contributed by atoms with E-state index in [-0.39, 0.29) is 18.2 Å². The summed E-state index contributed by atoms with van der Waals surface area (Å²) >= 11 is 4.82. The molecule has 6 heteroatoms. The maximum Gasteiger partial charge on any atom is 0.323 e. The predicted molar refractivity (Wildman–Crippen MR) is 79.5 cm³/mol. The summed E-state index contributed by atoms with van der Waals surface area (Å²) in [4.78, 5) is 24.9. The molecule has 1 aromatic rings. The number of hydrogen-bond acceptors (Lipinski definition) is 3. The number of nitrogens with zero attached hydrogens (tertiary/aromatic N) is 1. The molecule has 1 N–H and O–H groups in total. The summed E-state index contributed by atoms with van der Waals surface area (Å²) in [6.45, 7) is 3.92. The second kappa shape index (κ2) is 7.55. The van der Waals surface area contributed by atoms with Crippen molar-refractivity contribution in [2.75, 3.05) is 18.8 Å². The molecule has 0 aliphatic rings. The molecule has 104 valence electrons. The van der Waals surface area contributed by atoms with Gasteiger partial charge in [-0.3, -0.25) is 9.59 Å². The van der Waals surface area contributed by atoms with Crippen LogP contribution in [-0.2, 0) is 9.59 Å². The standard InChI is InChI=1S/C13H16BrNO3S/c1-3-15(7-13(17)18)12(16)8-19-11-5-4-10(14)6-9(11)2/h4-6H,3,7-8H2,1-2H3,(H,17,18). The van der Waals surface area contributed by atoms with Crippen LogP contribution in [0, 0.1) is 6.92 Å². The molecule has 1 amide bonds. The van der Waals surface area contributed by atoms with Crippen LogP contribution in [0.3, 0.4) is 0 Å². The molecular weight excluding hydrogens is 330 g/mol. The number of carbonyl (C=O) groups is 2. The largest absolute Gasteiger partial charge is 0.480 e. The number of amides is 1. The van der Waals surface area contributed by atoms with Crippen LogP contribution in [0.2, 0.25) is 0 Å². The van der Waals surface area contributed by atoms with E-state index in [1.54, 1.807) is 6.92 Å². The van der Waals surface area contributed by atoms with E-state index in [9.17, 15) is 9.59 Å². The van der Waals surface area contributed by atoms with Crippen LogP contribution < -0.4 is 0 Å². The Hall–Kier alpha value is -1.01. The Balaban J connectivity index is 2.60. The van der Waals surface area contributed by atoms with Crippen LogP contribution in [0.1, 0.15) is 12.5 Å². The third-order valence-electron chi connectivity index (χ3n) is 2.55. The second-order valence-corrected chi connectivity index (χ2v) is 5.93. The first-order chi connectivity index (χ1) is 8.93. The summed E-state index contributed by atoms with van der Waals surface area (Å²) in [5, 5.41) is 8.72. The number of carboxylic acid groups (broad SMARTS) is 1. The fraction of sp³-hybridized carbons (Fsp3) is 0.385. The van der Waals surface area contributed by atoms with Gasteiger partial charge in [0, 0.05) is 15.9 Å². The highest BCUT2D eigenvalue weighted by Crippen LogP contribution is 2.25. The van der Waals surface area contributed by atoms with Crippen LogP contribution in [0.5, 0.6) is 0 Å². The van der Waals surface area contributed by atoms with E-state index in [2.05, 4.69) is 15.9 Å². The number of halogens is 1. The first-order valence-electron chi connectivity index (χ1n) is 5.82. The lowest BCUT2D eigenvalue weighted by Crippen LogP contribution is -2.36. The molecule has 0 atom stereocenters. The van der Waals surface area contributed by atoms with Gasteiger partial charge >= 0.3 is 5.97 Å². The van der Waals surface area contributed by atoms with Crippen LogP contribution in [-0.4, -0.2) is 40.7 Å². The Morgan fingerprint density at radius 1 is 1.42 bits per heavy atom. The van der Waals surface area contributed by atoms with Gasteiger partial charge < -0.3 is 10.0 Å². The van der Waals surface area contributed by atoms with Gasteiger partial charge in [0.05, 0.1) is 5.75 Å². The van der Waals surface area contributed by atoms with Crippen molar-refractivity contribution in [3.05, 3.63) is 28.2 Å². The van der Waals surface area contributed by atoms with Crippen molar-refractivity contribution in [1.82, 2.24) is 4.90 Å². The Labute approximate surface area is 125 Å². The molecule has 1 aromatic carbocycles. The zero-order chi connectivity index (χ0) is 14.4. The van der Waals surface area contributed by atoms with E-state index < -0.39 is 5.97 Å². The van der Waals surface area contributed by atoms with Crippen molar-refractivity contribution in [3.8, 4) is 0 Å². The smallest absolute Gasteiger partial charge is 0.323 e. The average Bonchev–Trinajstić information content (AvgIpc) is 2.34. The predicted octanol–water partition coefficient (Wildman–Crippen LogP) is 2.78. The van der Waals surface area contributed by atoms with Gasteiger partial charge in [0.15, 0.2) is 0 Å². The van der Waals surface area contributed by atoms with Crippen LogP contribution in [0.4, 0.5) is 0 Å². The minimum atomic E-state index is -0.986. The van der Waals surface area contributed by atoms with E-state index in [0.717, 1.165) is 14.9 Å². The zero-order valence-corrected chi connectivity index (χ0v) is 13.3. The first-order valence-corrected chi connectivity index (χ1v) is 7.60. The molecular formula is C13H16BrNO3S. The molecule has 0 aliphatic carbocycles. The van der Waals surface area contributed by atoms with E-state index >= 15 is 0 Å². The van der Waals surface area contributed by atoms with Crippen LogP contribution in [0.25, 0.3) is 0 Å². The third-order valence-corrected chi connectivity index (χ3v) is 4.20. The lowest BCUT2D eigenvalue weighted by molar-refractivity contribution is -0.143. The highest BCUT2D eigenvalue weighted by Gasteiger charge is 2.15. The van der Waals surface area contributed by atoms with E-state index in [1.807, 2.05) is 25.1 Å². The Morgan fingerprint density at radius 2 is 2.11 bits per heavy atom. The lowest BCUT2D eigenvalue weighted by atomic mass is 10.2. The number of likely N-dealkylation sites (N-methyl/N-ethyl adjacent to an activating group) is 1. The summed E-state index contributed by atoms with van der Waals surface area (Å²) in [7, 11) is 0. The Bertz CT molecular complexity index is 479. The molecule has 0 radical (unpaired) electrons. The van der Waals surface area contributed by atoms with Crippen LogP contribution in [0.15, 0.2) is 27.6 Å². The van der Waals surface area contributed by atoms with Crippen molar-refractivity contribution in [2.24, 2.45) is 0 Å². The lowest BCUT2D eigenvalue weighted by Gasteiger charge is -2.18. The summed E-state index contributed by atoms with van der Waals surface area (Å²) < 4.78 is 1.00. The molecule has 0 saturated carbocycles. The van der Waals surface area contributed by atoms with Gasteiger partial charge in [-0.2, -0.15) is 0 Å². The molecule has 0 unspecified atom stereocenters. The van der Waals surface area contributed by atoms with Crippen molar-refractivity contribution in [1.29, 1.82) is 0 Å². The number of carboxylic acids is 1. The summed E-state index contributed by atoms with van der Waals surface area (Å²) in [6.07, 6.45) is 0. The highest BCUT2D eigenvalue weighted by molar-refractivity contribution is 9.10. The van der Waals surface area contributed by atoms with Gasteiger partial charge in [-0.15, -0.1) is 11.8 Å². The number of aliphatic carboxylic acids is 1. The van der Waals surface area contributed by atoms with Gasteiger partial charge in [0.2, 0.25) is 5.91 Å². The minimum Gasteiger partial charge on any atom is -0.480 e. The number of aryl methyl sites for hydroxylation is 1. The Kier molecular flexibility index (Phi) is 6.37. The van der Waals surface area contributed by atoms with E-state index in [4.69, 9.17) is 5.11 Å². The number of benzene rings is 1. The summed E-state index contributed by atoms with van der Waals surface area (Å²) in [6, 6.07) is 5.86. The number of hydrogen-bond donors (Lipinski definition) is 1. The van der Waals surface area contributed by atoms with E-state index in [1.165, 1.54) is 16.7 Å². The molecule has 4 nitrogen and oxygen atoms in total. The minimum absolute atomic E-state index is 0.155. The number of thioether (sulfide) groups is 1. The maximum absolute atomic E-state index is 11.9. The SMILES string of the molecule is CCN(CC(=O)O)C(=O)CSc1ccc(Br)cc1C. The van der Waals surface area contributed by atoms with Crippen molar-refractivity contribution >= 4 is 39.6 Å². The average molecular weight is 346 g/mol. The molecule has 0 aliphatic heterocycles. The normalized spacial score (nSPS) is 10.3. The van der Waals surface area contributed by atoms with Gasteiger partial charge in [0.25, 0.3) is 0 Å². The monoisotopic (exact) mass is 345 g/mol. The van der Waals surface area contributed by atoms with Crippen LogP contribution >= 0.6 is 27.7 Å². The fourth-order valence-electron chi connectivity index (χ4n) is 1.55. The molecule has 0 heterocycles. The maximum atomic E-state index is 11.9. The first kappa shape index (κ1) is 16.0. The molecule has 0 saturated heterocycles.